The molecule has 0 aliphatic heterocycles. The quantitative estimate of drug-likeness (QED) is 0.215. The van der Waals surface area contributed by atoms with E-state index in [1.54, 1.807) is 12.1 Å². The molecule has 0 saturated heterocycles. The Bertz CT molecular complexity index is 1300. The van der Waals surface area contributed by atoms with Gasteiger partial charge >= 0.3 is 0 Å². The molecule has 0 fully saturated rings. The molecule has 2 atom stereocenters. The van der Waals surface area contributed by atoms with Crippen LogP contribution in [0, 0.1) is 0 Å². The van der Waals surface area contributed by atoms with E-state index < -0.39 is 0 Å². The summed E-state index contributed by atoms with van der Waals surface area (Å²) in [7, 11) is 0. The number of benzene rings is 3. The first-order valence-corrected chi connectivity index (χ1v) is 13.1. The number of hydrogen-bond donors (Lipinski definition) is 1. The standard InChI is InChI=1S/C30H34ClN3O2/c1-4-21(2)23-15-17-24(18-16-23)36-20-10-9-19-34-28-14-8-7-13-27(28)33-29(34)22(3)32-30(35)25-11-5-6-12-26(25)31/h5-8,11-18,21-22H,4,9-10,19-20H2,1-3H3,(H,32,35). The van der Waals surface area contributed by atoms with Crippen molar-refractivity contribution >= 4 is 28.5 Å². The number of aryl methyl sites for hydroxylation is 1. The van der Waals surface area contributed by atoms with Crippen LogP contribution in [0.4, 0.5) is 0 Å². The third-order valence-corrected chi connectivity index (χ3v) is 6.97. The van der Waals surface area contributed by atoms with Crippen LogP contribution in [0.3, 0.4) is 0 Å². The molecule has 1 amide bonds. The molecule has 36 heavy (non-hydrogen) atoms. The van der Waals surface area contributed by atoms with E-state index in [9.17, 15) is 4.79 Å². The molecular weight excluding hydrogens is 470 g/mol. The van der Waals surface area contributed by atoms with E-state index in [0.717, 1.165) is 48.4 Å². The highest BCUT2D eigenvalue weighted by atomic mass is 35.5. The van der Waals surface area contributed by atoms with Crippen LogP contribution in [0.5, 0.6) is 5.75 Å². The monoisotopic (exact) mass is 503 g/mol. The highest BCUT2D eigenvalue weighted by molar-refractivity contribution is 6.33. The van der Waals surface area contributed by atoms with E-state index in [1.165, 1.54) is 5.56 Å². The van der Waals surface area contributed by atoms with Gasteiger partial charge in [0.05, 0.1) is 34.3 Å². The van der Waals surface area contributed by atoms with Crippen molar-refractivity contribution in [3.05, 3.63) is 94.8 Å². The van der Waals surface area contributed by atoms with Gasteiger partial charge in [0, 0.05) is 6.54 Å². The summed E-state index contributed by atoms with van der Waals surface area (Å²) >= 11 is 6.22. The Morgan fingerprint density at radius 2 is 1.72 bits per heavy atom. The lowest BCUT2D eigenvalue weighted by atomic mass is 9.99. The van der Waals surface area contributed by atoms with Crippen molar-refractivity contribution in [1.82, 2.24) is 14.9 Å². The Morgan fingerprint density at radius 3 is 2.47 bits per heavy atom. The zero-order valence-electron chi connectivity index (χ0n) is 21.2. The summed E-state index contributed by atoms with van der Waals surface area (Å²) in [6, 6.07) is 23.3. The normalized spacial score (nSPS) is 12.9. The Morgan fingerprint density at radius 1 is 1.00 bits per heavy atom. The molecule has 5 nitrogen and oxygen atoms in total. The van der Waals surface area contributed by atoms with Gasteiger partial charge in [0.15, 0.2) is 0 Å². The maximum Gasteiger partial charge on any atom is 0.253 e. The minimum absolute atomic E-state index is 0.209. The number of unbranched alkanes of at least 4 members (excludes halogenated alkanes) is 1. The van der Waals surface area contributed by atoms with Gasteiger partial charge in [0.25, 0.3) is 5.91 Å². The average Bonchev–Trinajstić information content (AvgIpc) is 3.27. The molecular formula is C30H34ClN3O2. The summed E-state index contributed by atoms with van der Waals surface area (Å²) in [5, 5.41) is 3.50. The molecule has 0 saturated carbocycles. The summed E-state index contributed by atoms with van der Waals surface area (Å²) in [5.41, 5.74) is 3.79. The van der Waals surface area contributed by atoms with Crippen molar-refractivity contribution in [2.75, 3.05) is 6.61 Å². The van der Waals surface area contributed by atoms with Gasteiger partial charge in [-0.1, -0.05) is 61.8 Å². The van der Waals surface area contributed by atoms with Crippen molar-refractivity contribution in [2.24, 2.45) is 0 Å². The summed E-state index contributed by atoms with van der Waals surface area (Å²) in [6.45, 7) is 7.85. The van der Waals surface area contributed by atoms with Gasteiger partial charge < -0.3 is 14.6 Å². The van der Waals surface area contributed by atoms with Crippen LogP contribution >= 0.6 is 11.6 Å². The lowest BCUT2D eigenvalue weighted by molar-refractivity contribution is 0.0938. The topological polar surface area (TPSA) is 56.1 Å². The van der Waals surface area contributed by atoms with Crippen molar-refractivity contribution in [3.8, 4) is 5.75 Å². The molecule has 1 heterocycles. The fourth-order valence-electron chi connectivity index (χ4n) is 4.33. The second kappa shape index (κ2) is 12.1. The second-order valence-corrected chi connectivity index (χ2v) is 9.63. The smallest absolute Gasteiger partial charge is 0.253 e. The molecule has 2 unspecified atom stereocenters. The minimum Gasteiger partial charge on any atom is -0.494 e. The summed E-state index contributed by atoms with van der Waals surface area (Å²) in [5.74, 6) is 2.10. The lowest BCUT2D eigenvalue weighted by Crippen LogP contribution is -2.29. The van der Waals surface area contributed by atoms with Gasteiger partial charge in [0.1, 0.15) is 11.6 Å². The van der Waals surface area contributed by atoms with Crippen molar-refractivity contribution in [2.45, 2.75) is 58.5 Å². The highest BCUT2D eigenvalue weighted by Gasteiger charge is 2.20. The molecule has 0 aliphatic rings. The number of rotatable bonds is 11. The van der Waals surface area contributed by atoms with E-state index in [0.29, 0.717) is 23.1 Å². The molecule has 0 bridgehead atoms. The Balaban J connectivity index is 1.38. The van der Waals surface area contributed by atoms with Crippen LogP contribution in [0.15, 0.2) is 72.8 Å². The number of nitrogens with one attached hydrogen (secondary N) is 1. The van der Waals surface area contributed by atoms with E-state index in [4.69, 9.17) is 21.3 Å². The fraction of sp³-hybridized carbons (Fsp3) is 0.333. The fourth-order valence-corrected chi connectivity index (χ4v) is 4.56. The SMILES string of the molecule is CCC(C)c1ccc(OCCCCn2c(C(C)NC(=O)c3ccccc3Cl)nc3ccccc32)cc1. The summed E-state index contributed by atoms with van der Waals surface area (Å²) < 4.78 is 8.18. The molecule has 188 valence electrons. The van der Waals surface area contributed by atoms with Crippen LogP contribution in [-0.4, -0.2) is 22.1 Å². The molecule has 0 spiro atoms. The average molecular weight is 504 g/mol. The molecule has 4 aromatic rings. The van der Waals surface area contributed by atoms with E-state index >= 15 is 0 Å². The maximum absolute atomic E-state index is 12.8. The van der Waals surface area contributed by atoms with Crippen molar-refractivity contribution < 1.29 is 9.53 Å². The summed E-state index contributed by atoms with van der Waals surface area (Å²) in [4.78, 5) is 17.7. The van der Waals surface area contributed by atoms with Crippen molar-refractivity contribution in [1.29, 1.82) is 0 Å². The number of hydrogen-bond acceptors (Lipinski definition) is 3. The number of carbonyl (C=O) groups is 1. The third-order valence-electron chi connectivity index (χ3n) is 6.64. The predicted molar refractivity (Wildman–Crippen MR) is 147 cm³/mol. The maximum atomic E-state index is 12.8. The number of carbonyl (C=O) groups excluding carboxylic acids is 1. The number of nitrogens with zero attached hydrogens (tertiary/aromatic N) is 2. The van der Waals surface area contributed by atoms with Crippen LogP contribution in [0.1, 0.15) is 73.7 Å². The van der Waals surface area contributed by atoms with Crippen molar-refractivity contribution in [3.63, 3.8) is 0 Å². The first-order valence-electron chi connectivity index (χ1n) is 12.7. The molecule has 6 heteroatoms. The van der Waals surface area contributed by atoms with Gasteiger partial charge in [-0.2, -0.15) is 0 Å². The summed E-state index contributed by atoms with van der Waals surface area (Å²) in [6.07, 6.45) is 2.98. The van der Waals surface area contributed by atoms with Gasteiger partial charge in [-0.3, -0.25) is 4.79 Å². The molecule has 1 aromatic heterocycles. The van der Waals surface area contributed by atoms with E-state index in [2.05, 4.69) is 54.1 Å². The molecule has 0 aliphatic carbocycles. The van der Waals surface area contributed by atoms with Crippen LogP contribution in [-0.2, 0) is 6.54 Å². The predicted octanol–water partition coefficient (Wildman–Crippen LogP) is 7.55. The van der Waals surface area contributed by atoms with Gasteiger partial charge in [-0.25, -0.2) is 4.98 Å². The Hall–Kier alpha value is -3.31. The Kier molecular flexibility index (Phi) is 8.65. The molecule has 4 rings (SSSR count). The van der Waals surface area contributed by atoms with Gasteiger partial charge in [-0.05, 0) is 74.1 Å². The number of halogens is 1. The van der Waals surface area contributed by atoms with E-state index in [-0.39, 0.29) is 11.9 Å². The number of aromatic nitrogens is 2. The highest BCUT2D eigenvalue weighted by Crippen LogP contribution is 2.24. The molecule has 0 radical (unpaired) electrons. The van der Waals surface area contributed by atoms with Gasteiger partial charge in [0.2, 0.25) is 0 Å². The largest absolute Gasteiger partial charge is 0.494 e. The molecule has 1 N–H and O–H groups in total. The third kappa shape index (κ3) is 6.08. The molecule has 3 aromatic carbocycles. The number of ether oxygens (including phenoxy) is 1. The second-order valence-electron chi connectivity index (χ2n) is 9.22. The van der Waals surface area contributed by atoms with E-state index in [1.807, 2.05) is 37.3 Å². The van der Waals surface area contributed by atoms with Crippen LogP contribution in [0.2, 0.25) is 5.02 Å². The number of para-hydroxylation sites is 2. The zero-order chi connectivity index (χ0) is 25.5. The first-order chi connectivity index (χ1) is 17.5. The Labute approximate surface area is 218 Å². The number of imidazole rings is 1. The number of amides is 1. The van der Waals surface area contributed by atoms with Gasteiger partial charge in [-0.15, -0.1) is 0 Å². The lowest BCUT2D eigenvalue weighted by Gasteiger charge is -2.17. The van der Waals surface area contributed by atoms with Crippen LogP contribution < -0.4 is 10.1 Å². The minimum atomic E-state index is -0.276. The first kappa shape index (κ1) is 25.8. The van der Waals surface area contributed by atoms with Crippen LogP contribution in [0.25, 0.3) is 11.0 Å². The number of fused-ring (bicyclic) bond motifs is 1. The zero-order valence-corrected chi connectivity index (χ0v) is 22.0.